The Hall–Kier alpha value is -3.25. The average Bonchev–Trinajstić information content (AvgIpc) is 2.97. The lowest BCUT2D eigenvalue weighted by molar-refractivity contribution is -0.403. The third-order valence-electron chi connectivity index (χ3n) is 1.70. The van der Waals surface area contributed by atoms with E-state index in [1.807, 2.05) is 0 Å². The molecule has 0 radical (unpaired) electrons. The Bertz CT molecular complexity index is 628. The molecular formula is C5H2N8O5. The molecule has 92 valence electrons. The molecule has 0 unspecified atom stereocenters. The molecule has 0 bridgehead atoms. The Balaban J connectivity index is 2.52. The number of hydrogen-bond donors (Lipinski definition) is 0. The maximum atomic E-state index is 11.7. The van der Waals surface area contributed by atoms with Crippen molar-refractivity contribution in [2.24, 2.45) is 0 Å². The normalized spacial score (nSPS) is 10.2. The van der Waals surface area contributed by atoms with Crippen LogP contribution in [0.25, 0.3) is 0 Å². The second-order valence-electron chi connectivity index (χ2n) is 2.76. The van der Waals surface area contributed by atoms with Gasteiger partial charge in [0.2, 0.25) is 0 Å². The molecule has 0 amide bonds. The van der Waals surface area contributed by atoms with E-state index in [2.05, 4.69) is 20.2 Å². The summed E-state index contributed by atoms with van der Waals surface area (Å²) in [6.45, 7) is 0. The lowest BCUT2D eigenvalue weighted by atomic mass is 10.9. The van der Waals surface area contributed by atoms with Crippen LogP contribution in [0.2, 0.25) is 0 Å². The molecule has 13 heteroatoms. The van der Waals surface area contributed by atoms with Crippen LogP contribution in [0, 0.1) is 20.2 Å². The van der Waals surface area contributed by atoms with Gasteiger partial charge in [0.25, 0.3) is 0 Å². The zero-order valence-electron chi connectivity index (χ0n) is 8.27. The molecule has 2 aromatic rings. The fourth-order valence-corrected chi connectivity index (χ4v) is 1.02. The van der Waals surface area contributed by atoms with Gasteiger partial charge < -0.3 is 20.2 Å². The van der Waals surface area contributed by atoms with E-state index >= 15 is 0 Å². The Morgan fingerprint density at radius 1 is 1.28 bits per heavy atom. The zero-order chi connectivity index (χ0) is 13.3. The molecule has 0 spiro atoms. The Morgan fingerprint density at radius 2 is 2.00 bits per heavy atom. The van der Waals surface area contributed by atoms with Gasteiger partial charge in [0.05, 0.1) is 0 Å². The Kier molecular flexibility index (Phi) is 2.47. The number of carbonyl (C=O) groups excluding carboxylic acids is 1. The van der Waals surface area contributed by atoms with Crippen LogP contribution in [0.5, 0.6) is 0 Å². The minimum atomic E-state index is -1.11. The average molecular weight is 254 g/mol. The van der Waals surface area contributed by atoms with Crippen molar-refractivity contribution in [3.8, 4) is 0 Å². The maximum Gasteiger partial charge on any atom is 0.509 e. The second kappa shape index (κ2) is 3.96. The SMILES string of the molecule is O=C(n1cncn1)n1nc([N+](=O)[O-])nc1[N+](=O)[O-]. The minimum Gasteiger partial charge on any atom is -0.390 e. The van der Waals surface area contributed by atoms with E-state index in [0.29, 0.717) is 4.68 Å². The fraction of sp³-hybridized carbons (Fsp3) is 0. The molecule has 0 aromatic carbocycles. The molecule has 13 nitrogen and oxygen atoms in total. The van der Waals surface area contributed by atoms with Gasteiger partial charge in [0.1, 0.15) is 17.8 Å². The summed E-state index contributed by atoms with van der Waals surface area (Å²) in [6.07, 6.45) is 1.97. The number of aromatic nitrogens is 6. The Labute approximate surface area is 96.0 Å². The lowest BCUT2D eigenvalue weighted by Gasteiger charge is -1.93. The highest BCUT2D eigenvalue weighted by molar-refractivity contribution is 5.78. The molecule has 0 saturated heterocycles. The van der Waals surface area contributed by atoms with Crippen LogP contribution in [-0.4, -0.2) is 45.4 Å². The van der Waals surface area contributed by atoms with Crippen LogP contribution in [0.1, 0.15) is 0 Å². The van der Waals surface area contributed by atoms with Crippen molar-refractivity contribution in [1.82, 2.24) is 29.5 Å². The van der Waals surface area contributed by atoms with Gasteiger partial charge in [-0.05, 0) is 9.85 Å². The number of carbonyl (C=O) groups is 1. The zero-order valence-corrected chi connectivity index (χ0v) is 8.27. The van der Waals surface area contributed by atoms with Crippen molar-refractivity contribution in [3.63, 3.8) is 0 Å². The van der Waals surface area contributed by atoms with Crippen molar-refractivity contribution in [2.75, 3.05) is 0 Å². The Morgan fingerprint density at radius 3 is 2.50 bits per heavy atom. The summed E-state index contributed by atoms with van der Waals surface area (Å²) < 4.78 is 0.776. The molecule has 0 atom stereocenters. The molecule has 0 fully saturated rings. The quantitative estimate of drug-likeness (QED) is 0.492. The first-order chi connectivity index (χ1) is 8.50. The molecule has 0 saturated carbocycles. The van der Waals surface area contributed by atoms with Gasteiger partial charge in [-0.2, -0.15) is 4.68 Å². The highest BCUT2D eigenvalue weighted by atomic mass is 16.6. The first-order valence-corrected chi connectivity index (χ1v) is 4.16. The summed E-state index contributed by atoms with van der Waals surface area (Å²) in [5.74, 6) is -2.14. The van der Waals surface area contributed by atoms with Crippen LogP contribution < -0.4 is 0 Å². The highest BCUT2D eigenvalue weighted by Crippen LogP contribution is 2.13. The second-order valence-corrected chi connectivity index (χ2v) is 2.76. The summed E-state index contributed by atoms with van der Waals surface area (Å²) in [7, 11) is 0. The minimum absolute atomic E-state index is 0.160. The third-order valence-corrected chi connectivity index (χ3v) is 1.70. The van der Waals surface area contributed by atoms with Gasteiger partial charge in [-0.25, -0.2) is 9.78 Å². The van der Waals surface area contributed by atoms with Crippen LogP contribution >= 0.6 is 0 Å². The van der Waals surface area contributed by atoms with Gasteiger partial charge >= 0.3 is 17.9 Å². The van der Waals surface area contributed by atoms with Crippen LogP contribution in [0.4, 0.5) is 16.7 Å². The standard InChI is InChI=1S/C5H2N8O5/c14-5(10-2-6-1-7-10)11-4(13(17)18)8-3(9-11)12(15)16/h1-2H. The van der Waals surface area contributed by atoms with Gasteiger partial charge in [-0.15, -0.1) is 5.10 Å². The summed E-state index contributed by atoms with van der Waals surface area (Å²) >= 11 is 0. The van der Waals surface area contributed by atoms with E-state index in [1.54, 1.807) is 0 Å². The molecule has 0 aliphatic rings. The number of nitro groups is 2. The number of rotatable bonds is 2. The summed E-state index contributed by atoms with van der Waals surface area (Å²) in [5.41, 5.74) is 0. The van der Waals surface area contributed by atoms with Gasteiger partial charge in [-0.1, -0.05) is 0 Å². The van der Waals surface area contributed by atoms with E-state index in [0.717, 1.165) is 12.7 Å². The smallest absolute Gasteiger partial charge is 0.390 e. The molecular weight excluding hydrogens is 252 g/mol. The van der Waals surface area contributed by atoms with Gasteiger partial charge in [0.15, 0.2) is 0 Å². The van der Waals surface area contributed by atoms with Crippen LogP contribution in [-0.2, 0) is 0 Å². The molecule has 0 aliphatic carbocycles. The first kappa shape index (κ1) is 11.2. The predicted molar refractivity (Wildman–Crippen MR) is 49.5 cm³/mol. The molecule has 0 aliphatic heterocycles. The van der Waals surface area contributed by atoms with Gasteiger partial charge in [-0.3, -0.25) is 0 Å². The molecule has 0 N–H and O–H groups in total. The van der Waals surface area contributed by atoms with Crippen molar-refractivity contribution in [1.29, 1.82) is 0 Å². The molecule has 2 heterocycles. The third kappa shape index (κ3) is 1.75. The van der Waals surface area contributed by atoms with Crippen molar-refractivity contribution >= 4 is 17.9 Å². The van der Waals surface area contributed by atoms with Crippen molar-refractivity contribution in [3.05, 3.63) is 32.9 Å². The fourth-order valence-electron chi connectivity index (χ4n) is 1.02. The molecule has 2 rings (SSSR count). The first-order valence-electron chi connectivity index (χ1n) is 4.16. The van der Waals surface area contributed by atoms with Crippen molar-refractivity contribution in [2.45, 2.75) is 0 Å². The molecule has 18 heavy (non-hydrogen) atoms. The largest absolute Gasteiger partial charge is 0.509 e. The maximum absolute atomic E-state index is 11.7. The van der Waals surface area contributed by atoms with E-state index in [4.69, 9.17) is 0 Å². The highest BCUT2D eigenvalue weighted by Gasteiger charge is 2.34. The van der Waals surface area contributed by atoms with E-state index < -0.39 is 27.8 Å². The molecule has 2 aromatic heterocycles. The van der Waals surface area contributed by atoms with E-state index in [1.165, 1.54) is 0 Å². The topological polar surface area (TPSA) is 165 Å². The van der Waals surface area contributed by atoms with Gasteiger partial charge in [0, 0.05) is 9.67 Å². The monoisotopic (exact) mass is 254 g/mol. The summed E-state index contributed by atoms with van der Waals surface area (Å²) in [6, 6.07) is -1.11. The van der Waals surface area contributed by atoms with Crippen LogP contribution in [0.15, 0.2) is 12.7 Å². The van der Waals surface area contributed by atoms with Crippen molar-refractivity contribution < 1.29 is 14.6 Å². The number of nitrogens with zero attached hydrogens (tertiary/aromatic N) is 8. The number of hydrogen-bond acceptors (Lipinski definition) is 9. The lowest BCUT2D eigenvalue weighted by Crippen LogP contribution is -2.22. The van der Waals surface area contributed by atoms with Crippen LogP contribution in [0.3, 0.4) is 0 Å². The predicted octanol–water partition coefficient (Wildman–Crippen LogP) is -0.798. The summed E-state index contributed by atoms with van der Waals surface area (Å²) in [4.78, 5) is 37.0. The van der Waals surface area contributed by atoms with E-state index in [9.17, 15) is 25.0 Å². The summed E-state index contributed by atoms with van der Waals surface area (Å²) in [5, 5.41) is 27.5. The van der Waals surface area contributed by atoms with E-state index in [-0.39, 0.29) is 4.68 Å².